The highest BCUT2D eigenvalue weighted by molar-refractivity contribution is 5.82. The minimum atomic E-state index is -0.169. The molecule has 6 nitrogen and oxygen atoms in total. The number of aromatic nitrogens is 1. The molecule has 186 valence electrons. The lowest BCUT2D eigenvalue weighted by atomic mass is 9.91. The van der Waals surface area contributed by atoms with E-state index >= 15 is 0 Å². The van der Waals surface area contributed by atoms with Gasteiger partial charge < -0.3 is 15.5 Å². The van der Waals surface area contributed by atoms with Crippen LogP contribution < -0.4 is 16.0 Å². The van der Waals surface area contributed by atoms with Gasteiger partial charge in [-0.25, -0.2) is 0 Å². The molecule has 1 fully saturated rings. The van der Waals surface area contributed by atoms with Crippen LogP contribution in [0.3, 0.4) is 0 Å². The van der Waals surface area contributed by atoms with Gasteiger partial charge in [-0.15, -0.1) is 0 Å². The fraction of sp³-hybridized carbons (Fsp3) is 0.778. The van der Waals surface area contributed by atoms with Gasteiger partial charge >= 0.3 is 0 Å². The van der Waals surface area contributed by atoms with Crippen LogP contribution in [-0.2, 0) is 11.2 Å². The minimum Gasteiger partial charge on any atom is -0.352 e. The van der Waals surface area contributed by atoms with Crippen LogP contribution in [0, 0.1) is 11.8 Å². The van der Waals surface area contributed by atoms with Crippen LogP contribution in [0.2, 0.25) is 0 Å². The van der Waals surface area contributed by atoms with Crippen molar-refractivity contribution in [3.8, 4) is 0 Å². The van der Waals surface area contributed by atoms with E-state index in [2.05, 4.69) is 54.6 Å². The van der Waals surface area contributed by atoms with Gasteiger partial charge in [0.25, 0.3) is 0 Å². The molecular formula is C27H47N5O. The maximum atomic E-state index is 13.4. The predicted molar refractivity (Wildman–Crippen MR) is 136 cm³/mol. The summed E-state index contributed by atoms with van der Waals surface area (Å²) in [7, 11) is 0. The molecular weight excluding hydrogens is 410 g/mol. The second-order valence-corrected chi connectivity index (χ2v) is 10.9. The highest BCUT2D eigenvalue weighted by Gasteiger charge is 2.28. The smallest absolute Gasteiger partial charge is 0.237 e. The Morgan fingerprint density at radius 3 is 2.58 bits per heavy atom. The summed E-state index contributed by atoms with van der Waals surface area (Å²) >= 11 is 0. The number of hydrogen-bond acceptors (Lipinski definition) is 5. The molecule has 0 spiro atoms. The first-order valence-corrected chi connectivity index (χ1v) is 13.4. The maximum Gasteiger partial charge on any atom is 0.237 e. The second-order valence-electron chi connectivity index (χ2n) is 10.9. The number of amides is 1. The molecule has 2 aliphatic rings. The molecule has 0 saturated carbocycles. The van der Waals surface area contributed by atoms with Crippen molar-refractivity contribution < 1.29 is 4.79 Å². The lowest BCUT2D eigenvalue weighted by Crippen LogP contribution is -2.51. The fourth-order valence-electron chi connectivity index (χ4n) is 5.38. The quantitative estimate of drug-likeness (QED) is 0.447. The van der Waals surface area contributed by atoms with Crippen LogP contribution in [0.5, 0.6) is 0 Å². The van der Waals surface area contributed by atoms with E-state index in [1.54, 1.807) is 0 Å². The van der Waals surface area contributed by atoms with E-state index in [0.717, 1.165) is 83.4 Å². The average molecular weight is 458 g/mol. The van der Waals surface area contributed by atoms with E-state index in [1.165, 1.54) is 5.56 Å². The Labute approximate surface area is 201 Å². The van der Waals surface area contributed by atoms with Gasteiger partial charge in [-0.2, -0.15) is 0 Å². The Hall–Kier alpha value is -1.50. The molecule has 3 N–H and O–H groups in total. The molecule has 2 unspecified atom stereocenters. The third-order valence-electron chi connectivity index (χ3n) is 6.81. The highest BCUT2D eigenvalue weighted by Crippen LogP contribution is 2.28. The Balaban J connectivity index is 1.64. The third kappa shape index (κ3) is 8.66. The zero-order chi connectivity index (χ0) is 23.6. The van der Waals surface area contributed by atoms with Crippen molar-refractivity contribution in [3.63, 3.8) is 0 Å². The van der Waals surface area contributed by atoms with Crippen LogP contribution in [0.15, 0.2) is 18.3 Å². The number of pyridine rings is 1. The van der Waals surface area contributed by atoms with E-state index in [0.29, 0.717) is 11.8 Å². The largest absolute Gasteiger partial charge is 0.352 e. The fourth-order valence-corrected chi connectivity index (χ4v) is 5.38. The lowest BCUT2D eigenvalue weighted by Gasteiger charge is -2.32. The third-order valence-corrected chi connectivity index (χ3v) is 6.81. The molecule has 0 bridgehead atoms. The SMILES string of the molecule is CC(C)CN(CCCC(NC1CCCc2cccnc21)C(=O)NC1CCNCC1)CC(C)C. The number of piperidine rings is 1. The number of rotatable bonds is 12. The zero-order valence-corrected chi connectivity index (χ0v) is 21.4. The predicted octanol–water partition coefficient (Wildman–Crippen LogP) is 3.68. The van der Waals surface area contributed by atoms with Crippen molar-refractivity contribution in [2.24, 2.45) is 11.8 Å². The topological polar surface area (TPSA) is 69.3 Å². The van der Waals surface area contributed by atoms with Gasteiger partial charge in [-0.1, -0.05) is 33.8 Å². The average Bonchev–Trinajstić information content (AvgIpc) is 2.78. The lowest BCUT2D eigenvalue weighted by molar-refractivity contribution is -0.124. The van der Waals surface area contributed by atoms with Gasteiger partial charge in [0, 0.05) is 25.3 Å². The maximum absolute atomic E-state index is 13.4. The van der Waals surface area contributed by atoms with Gasteiger partial charge in [-0.05, 0) is 88.0 Å². The summed E-state index contributed by atoms with van der Waals surface area (Å²) in [5, 5.41) is 10.5. The molecule has 3 rings (SSSR count). The Bertz CT molecular complexity index is 706. The van der Waals surface area contributed by atoms with Crippen molar-refractivity contribution in [1.29, 1.82) is 0 Å². The van der Waals surface area contributed by atoms with Crippen molar-refractivity contribution >= 4 is 5.91 Å². The van der Waals surface area contributed by atoms with E-state index in [4.69, 9.17) is 4.98 Å². The van der Waals surface area contributed by atoms with E-state index in [9.17, 15) is 4.79 Å². The number of nitrogens with zero attached hydrogens (tertiary/aromatic N) is 2. The number of hydrogen-bond donors (Lipinski definition) is 3. The van der Waals surface area contributed by atoms with Crippen molar-refractivity contribution in [3.05, 3.63) is 29.6 Å². The molecule has 1 saturated heterocycles. The first-order valence-electron chi connectivity index (χ1n) is 13.4. The van der Waals surface area contributed by atoms with Crippen molar-refractivity contribution in [2.45, 2.75) is 90.8 Å². The van der Waals surface area contributed by atoms with Gasteiger partial charge in [0.05, 0.1) is 17.8 Å². The molecule has 1 aromatic heterocycles. The molecule has 33 heavy (non-hydrogen) atoms. The minimum absolute atomic E-state index is 0.168. The summed E-state index contributed by atoms with van der Waals surface area (Å²) in [6.45, 7) is 14.4. The van der Waals surface area contributed by atoms with E-state index < -0.39 is 0 Å². The molecule has 0 radical (unpaired) electrons. The first-order chi connectivity index (χ1) is 15.9. The van der Waals surface area contributed by atoms with E-state index in [1.807, 2.05) is 12.3 Å². The summed E-state index contributed by atoms with van der Waals surface area (Å²) in [4.78, 5) is 20.7. The summed E-state index contributed by atoms with van der Waals surface area (Å²) in [5.74, 6) is 1.49. The van der Waals surface area contributed by atoms with Crippen LogP contribution in [0.1, 0.15) is 83.5 Å². The number of fused-ring (bicyclic) bond motifs is 1. The molecule has 1 aromatic rings. The van der Waals surface area contributed by atoms with Gasteiger partial charge in [0.1, 0.15) is 0 Å². The molecule has 1 aliphatic carbocycles. The van der Waals surface area contributed by atoms with Gasteiger partial charge in [0.2, 0.25) is 5.91 Å². The normalized spacial score (nSPS) is 20.3. The number of aryl methyl sites for hydroxylation is 1. The molecule has 2 heterocycles. The Morgan fingerprint density at radius 2 is 1.88 bits per heavy atom. The van der Waals surface area contributed by atoms with Crippen LogP contribution >= 0.6 is 0 Å². The van der Waals surface area contributed by atoms with Crippen LogP contribution in [-0.4, -0.2) is 60.6 Å². The number of carbonyl (C=O) groups is 1. The molecule has 1 aliphatic heterocycles. The van der Waals surface area contributed by atoms with Gasteiger partial charge in [0.15, 0.2) is 0 Å². The van der Waals surface area contributed by atoms with Crippen LogP contribution in [0.25, 0.3) is 0 Å². The van der Waals surface area contributed by atoms with Crippen molar-refractivity contribution in [1.82, 2.24) is 25.8 Å². The molecule has 0 aromatic carbocycles. The highest BCUT2D eigenvalue weighted by atomic mass is 16.2. The number of carbonyl (C=O) groups excluding carboxylic acids is 1. The standard InChI is InChI=1S/C27H47N5O/c1-20(2)18-32(19-21(3)4)17-7-11-25(27(33)30-23-12-15-28-16-13-23)31-24-10-5-8-22-9-6-14-29-26(22)24/h6,9,14,20-21,23-25,28,31H,5,7-8,10-13,15-19H2,1-4H3,(H,30,33). The number of nitrogens with one attached hydrogen (secondary N) is 3. The Kier molecular flexibility index (Phi) is 10.6. The molecule has 6 heteroatoms. The zero-order valence-electron chi connectivity index (χ0n) is 21.4. The Morgan fingerprint density at radius 1 is 1.15 bits per heavy atom. The molecule has 2 atom stereocenters. The summed E-state index contributed by atoms with van der Waals surface area (Å²) in [6.07, 6.45) is 9.10. The second kappa shape index (κ2) is 13.4. The summed E-state index contributed by atoms with van der Waals surface area (Å²) in [6, 6.07) is 4.51. The van der Waals surface area contributed by atoms with Crippen LogP contribution in [0.4, 0.5) is 0 Å². The monoisotopic (exact) mass is 457 g/mol. The van der Waals surface area contributed by atoms with E-state index in [-0.39, 0.29) is 24.0 Å². The van der Waals surface area contributed by atoms with Gasteiger partial charge in [-0.3, -0.25) is 15.1 Å². The van der Waals surface area contributed by atoms with Crippen molar-refractivity contribution in [2.75, 3.05) is 32.7 Å². The molecule has 1 amide bonds. The first kappa shape index (κ1) is 26.1. The summed E-state index contributed by atoms with van der Waals surface area (Å²) < 4.78 is 0. The summed E-state index contributed by atoms with van der Waals surface area (Å²) in [5.41, 5.74) is 2.48.